The first kappa shape index (κ1) is 17.5. The molecule has 0 spiro atoms. The first-order valence-electron chi connectivity index (χ1n) is 9.53. The van der Waals surface area contributed by atoms with Gasteiger partial charge in [0.05, 0.1) is 31.4 Å². The van der Waals surface area contributed by atoms with Crippen LogP contribution in [-0.2, 0) is 6.54 Å². The molecule has 1 aromatic carbocycles. The summed E-state index contributed by atoms with van der Waals surface area (Å²) in [5.41, 5.74) is 5.39. The number of benzene rings is 1. The van der Waals surface area contributed by atoms with Crippen molar-refractivity contribution in [3.63, 3.8) is 0 Å². The lowest BCUT2D eigenvalue weighted by Gasteiger charge is -2.32. The number of pyridine rings is 1. The molecule has 1 atom stereocenters. The molecule has 1 N–H and O–H groups in total. The van der Waals surface area contributed by atoms with Crippen LogP contribution in [0.15, 0.2) is 55.1 Å². The number of imidazole rings is 2. The Bertz CT molecular complexity index is 1190. The van der Waals surface area contributed by atoms with Gasteiger partial charge in [-0.05, 0) is 42.3 Å². The van der Waals surface area contributed by atoms with E-state index in [0.29, 0.717) is 18.8 Å². The minimum atomic E-state index is -0.0786. The number of carbonyl (C=O) groups excluding carboxylic acids is 1. The zero-order chi connectivity index (χ0) is 20.0. The normalized spacial score (nSPS) is 16.1. The van der Waals surface area contributed by atoms with Crippen LogP contribution in [-0.4, -0.2) is 43.8 Å². The SMILES string of the molecule is COc1ccc(C2CN(C(=O)c3cn4ccc(C)cc4n3)Cc3[nH]cnc32)cc1. The summed E-state index contributed by atoms with van der Waals surface area (Å²) in [6.45, 7) is 3.06. The van der Waals surface area contributed by atoms with Crippen molar-refractivity contribution in [1.82, 2.24) is 24.3 Å². The lowest BCUT2D eigenvalue weighted by molar-refractivity contribution is 0.0716. The van der Waals surface area contributed by atoms with Gasteiger partial charge in [0.25, 0.3) is 5.91 Å². The van der Waals surface area contributed by atoms with Gasteiger partial charge in [-0.3, -0.25) is 4.79 Å². The Morgan fingerprint density at radius 2 is 2.07 bits per heavy atom. The Labute approximate surface area is 168 Å². The lowest BCUT2D eigenvalue weighted by Crippen LogP contribution is -2.39. The largest absolute Gasteiger partial charge is 0.497 e. The second-order valence-electron chi connectivity index (χ2n) is 7.37. The van der Waals surface area contributed by atoms with Gasteiger partial charge in [0, 0.05) is 24.9 Å². The second-order valence-corrected chi connectivity index (χ2v) is 7.37. The smallest absolute Gasteiger partial charge is 0.274 e. The summed E-state index contributed by atoms with van der Waals surface area (Å²) in [6, 6.07) is 11.9. The molecule has 1 unspecified atom stereocenters. The first-order chi connectivity index (χ1) is 14.1. The number of amides is 1. The van der Waals surface area contributed by atoms with Crippen LogP contribution in [0.25, 0.3) is 5.65 Å². The van der Waals surface area contributed by atoms with E-state index in [1.54, 1.807) is 19.6 Å². The molecule has 0 aliphatic carbocycles. The first-order valence-corrected chi connectivity index (χ1v) is 9.53. The van der Waals surface area contributed by atoms with Gasteiger partial charge in [-0.2, -0.15) is 0 Å². The van der Waals surface area contributed by atoms with E-state index in [9.17, 15) is 4.79 Å². The molecule has 4 heterocycles. The highest BCUT2D eigenvalue weighted by Crippen LogP contribution is 2.33. The minimum Gasteiger partial charge on any atom is -0.497 e. The highest BCUT2D eigenvalue weighted by molar-refractivity contribution is 5.93. The van der Waals surface area contributed by atoms with Crippen molar-refractivity contribution in [2.75, 3.05) is 13.7 Å². The molecule has 1 aliphatic rings. The fraction of sp³-hybridized carbons (Fsp3) is 0.227. The molecule has 4 aromatic rings. The Balaban J connectivity index is 1.48. The molecule has 1 amide bonds. The molecule has 0 bridgehead atoms. The predicted molar refractivity (Wildman–Crippen MR) is 108 cm³/mol. The molecule has 0 radical (unpaired) electrons. The standard InChI is InChI=1S/C22H21N5O2/c1-14-7-8-26-12-19(25-20(26)9-14)22(28)27-10-17(21-18(11-27)23-13-24-21)15-3-5-16(29-2)6-4-15/h3-9,12-13,17H,10-11H2,1-2H3,(H,23,24). The van der Waals surface area contributed by atoms with Gasteiger partial charge in [-0.25, -0.2) is 9.97 Å². The molecular formula is C22H21N5O2. The maximum absolute atomic E-state index is 13.3. The third kappa shape index (κ3) is 3.04. The van der Waals surface area contributed by atoms with Gasteiger partial charge < -0.3 is 19.0 Å². The van der Waals surface area contributed by atoms with Crippen molar-refractivity contribution in [3.8, 4) is 5.75 Å². The number of nitrogens with one attached hydrogen (secondary N) is 1. The summed E-state index contributed by atoms with van der Waals surface area (Å²) in [4.78, 5) is 27.4. The van der Waals surface area contributed by atoms with Crippen molar-refractivity contribution in [1.29, 1.82) is 0 Å². The summed E-state index contributed by atoms with van der Waals surface area (Å²) in [5, 5.41) is 0. The number of aryl methyl sites for hydroxylation is 1. The molecule has 3 aromatic heterocycles. The number of methoxy groups -OCH3 is 1. The van der Waals surface area contributed by atoms with Crippen LogP contribution in [0, 0.1) is 6.92 Å². The number of hydrogen-bond donors (Lipinski definition) is 1. The Morgan fingerprint density at radius 3 is 2.86 bits per heavy atom. The number of ether oxygens (including phenoxy) is 1. The molecule has 5 rings (SSSR count). The maximum Gasteiger partial charge on any atom is 0.274 e. The summed E-state index contributed by atoms with van der Waals surface area (Å²) in [7, 11) is 1.65. The number of rotatable bonds is 3. The zero-order valence-electron chi connectivity index (χ0n) is 16.3. The quantitative estimate of drug-likeness (QED) is 0.586. The maximum atomic E-state index is 13.3. The Hall–Kier alpha value is -3.61. The number of H-pyrrole nitrogens is 1. The van der Waals surface area contributed by atoms with Crippen molar-refractivity contribution < 1.29 is 9.53 Å². The third-order valence-electron chi connectivity index (χ3n) is 5.47. The molecular weight excluding hydrogens is 366 g/mol. The number of aromatic nitrogens is 4. The molecule has 7 heteroatoms. The molecule has 7 nitrogen and oxygen atoms in total. The van der Waals surface area contributed by atoms with Gasteiger partial charge in [0.15, 0.2) is 0 Å². The van der Waals surface area contributed by atoms with Gasteiger partial charge in [-0.15, -0.1) is 0 Å². The predicted octanol–water partition coefficient (Wildman–Crippen LogP) is 3.16. The van der Waals surface area contributed by atoms with Crippen LogP contribution in [0.1, 0.15) is 38.9 Å². The average Bonchev–Trinajstić information content (AvgIpc) is 3.39. The molecule has 0 saturated heterocycles. The average molecular weight is 387 g/mol. The molecule has 146 valence electrons. The fourth-order valence-electron chi connectivity index (χ4n) is 3.92. The molecule has 29 heavy (non-hydrogen) atoms. The molecule has 0 fully saturated rings. The highest BCUT2D eigenvalue weighted by atomic mass is 16.5. The monoisotopic (exact) mass is 387 g/mol. The summed E-state index contributed by atoms with van der Waals surface area (Å²) < 4.78 is 7.15. The van der Waals surface area contributed by atoms with E-state index in [-0.39, 0.29) is 11.8 Å². The van der Waals surface area contributed by atoms with E-state index in [1.165, 1.54) is 0 Å². The van der Waals surface area contributed by atoms with E-state index in [1.807, 2.05) is 58.8 Å². The van der Waals surface area contributed by atoms with E-state index < -0.39 is 0 Å². The summed E-state index contributed by atoms with van der Waals surface area (Å²) >= 11 is 0. The summed E-state index contributed by atoms with van der Waals surface area (Å²) in [6.07, 6.45) is 5.42. The fourth-order valence-corrected chi connectivity index (χ4v) is 3.92. The second kappa shape index (κ2) is 6.77. The van der Waals surface area contributed by atoms with E-state index in [2.05, 4.69) is 15.0 Å². The van der Waals surface area contributed by atoms with Crippen molar-refractivity contribution in [2.45, 2.75) is 19.4 Å². The minimum absolute atomic E-state index is 0.000804. The lowest BCUT2D eigenvalue weighted by atomic mass is 9.90. The van der Waals surface area contributed by atoms with Crippen LogP contribution in [0.4, 0.5) is 0 Å². The van der Waals surface area contributed by atoms with E-state index in [0.717, 1.165) is 33.9 Å². The van der Waals surface area contributed by atoms with Crippen molar-refractivity contribution >= 4 is 11.6 Å². The Morgan fingerprint density at radius 1 is 1.24 bits per heavy atom. The Kier molecular flexibility index (Phi) is 4.08. The number of nitrogens with zero attached hydrogens (tertiary/aromatic N) is 4. The molecule has 0 saturated carbocycles. The van der Waals surface area contributed by atoms with Crippen LogP contribution < -0.4 is 4.74 Å². The van der Waals surface area contributed by atoms with Gasteiger partial charge in [0.2, 0.25) is 0 Å². The number of carbonyl (C=O) groups is 1. The topological polar surface area (TPSA) is 75.5 Å². The van der Waals surface area contributed by atoms with Crippen LogP contribution in [0.2, 0.25) is 0 Å². The van der Waals surface area contributed by atoms with Crippen molar-refractivity contribution in [3.05, 3.63) is 83.3 Å². The number of hydrogen-bond acceptors (Lipinski definition) is 4. The third-order valence-corrected chi connectivity index (χ3v) is 5.47. The summed E-state index contributed by atoms with van der Waals surface area (Å²) in [5.74, 6) is 0.726. The van der Waals surface area contributed by atoms with E-state index >= 15 is 0 Å². The number of fused-ring (bicyclic) bond motifs is 2. The zero-order valence-corrected chi connectivity index (χ0v) is 16.3. The molecule has 1 aliphatic heterocycles. The van der Waals surface area contributed by atoms with E-state index in [4.69, 9.17) is 4.74 Å². The van der Waals surface area contributed by atoms with Crippen LogP contribution in [0.3, 0.4) is 0 Å². The highest BCUT2D eigenvalue weighted by Gasteiger charge is 2.32. The number of aromatic amines is 1. The van der Waals surface area contributed by atoms with Gasteiger partial charge >= 0.3 is 0 Å². The van der Waals surface area contributed by atoms with Crippen molar-refractivity contribution in [2.24, 2.45) is 0 Å². The van der Waals surface area contributed by atoms with Gasteiger partial charge in [0.1, 0.15) is 17.1 Å². The van der Waals surface area contributed by atoms with Crippen LogP contribution in [0.5, 0.6) is 5.75 Å². The van der Waals surface area contributed by atoms with Gasteiger partial charge in [-0.1, -0.05) is 12.1 Å². The van der Waals surface area contributed by atoms with Crippen LogP contribution >= 0.6 is 0 Å².